The molecule has 1 saturated carbocycles. The van der Waals surface area contributed by atoms with E-state index in [0.29, 0.717) is 5.92 Å². The summed E-state index contributed by atoms with van der Waals surface area (Å²) in [4.78, 5) is 2.33. The van der Waals surface area contributed by atoms with E-state index in [1.807, 2.05) is 13.0 Å². The lowest BCUT2D eigenvalue weighted by molar-refractivity contribution is -0.0612. The third kappa shape index (κ3) is 2.92. The molecule has 1 aliphatic carbocycles. The third-order valence-corrected chi connectivity index (χ3v) is 5.57. The predicted octanol–water partition coefficient (Wildman–Crippen LogP) is 3.49. The van der Waals surface area contributed by atoms with Gasteiger partial charge in [0.25, 0.3) is 0 Å². The molecule has 1 aromatic carbocycles. The van der Waals surface area contributed by atoms with Crippen LogP contribution in [0.15, 0.2) is 18.2 Å². The molecule has 21 heavy (non-hydrogen) atoms. The summed E-state index contributed by atoms with van der Waals surface area (Å²) in [5.74, 6) is 0.379. The number of piperidine rings is 1. The zero-order chi connectivity index (χ0) is 15.0. The van der Waals surface area contributed by atoms with E-state index in [1.165, 1.54) is 6.42 Å². The number of hydrogen-bond donors (Lipinski definition) is 2. The van der Waals surface area contributed by atoms with Gasteiger partial charge in [-0.3, -0.25) is 0 Å². The molecule has 1 heterocycles. The second-order valence-electron chi connectivity index (χ2n) is 6.74. The van der Waals surface area contributed by atoms with Gasteiger partial charge in [0.15, 0.2) is 0 Å². The Morgan fingerprint density at radius 2 is 2.19 bits per heavy atom. The van der Waals surface area contributed by atoms with Gasteiger partial charge in [0.05, 0.1) is 16.3 Å². The molecule has 0 bridgehead atoms. The number of anilines is 1. The molecule has 3 N–H and O–H groups in total. The van der Waals surface area contributed by atoms with Gasteiger partial charge >= 0.3 is 0 Å². The topological polar surface area (TPSA) is 49.5 Å². The molecule has 116 valence electrons. The Morgan fingerprint density at radius 3 is 2.90 bits per heavy atom. The Hall–Kier alpha value is -0.770. The van der Waals surface area contributed by atoms with Crippen LogP contribution in [0.3, 0.4) is 0 Å². The first-order valence-corrected chi connectivity index (χ1v) is 8.40. The number of hydrogen-bond acceptors (Lipinski definition) is 3. The van der Waals surface area contributed by atoms with E-state index in [4.69, 9.17) is 17.3 Å². The summed E-state index contributed by atoms with van der Waals surface area (Å²) in [6.45, 7) is 3.76. The van der Waals surface area contributed by atoms with Crippen molar-refractivity contribution in [3.63, 3.8) is 0 Å². The molecular formula is C17H25ClN2O. The zero-order valence-electron chi connectivity index (χ0n) is 12.7. The highest BCUT2D eigenvalue weighted by molar-refractivity contribution is 6.33. The molecule has 1 saturated heterocycles. The molecule has 2 unspecified atom stereocenters. The van der Waals surface area contributed by atoms with Gasteiger partial charge in [-0.15, -0.1) is 0 Å². The van der Waals surface area contributed by atoms with Crippen LogP contribution in [0, 0.1) is 5.92 Å². The Bertz CT molecular complexity index is 520. The van der Waals surface area contributed by atoms with Crippen molar-refractivity contribution in [3.05, 3.63) is 28.8 Å². The van der Waals surface area contributed by atoms with E-state index in [-0.39, 0.29) is 6.04 Å². The van der Waals surface area contributed by atoms with Crippen molar-refractivity contribution < 1.29 is 5.11 Å². The lowest BCUT2D eigenvalue weighted by Crippen LogP contribution is -2.53. The van der Waals surface area contributed by atoms with Gasteiger partial charge in [-0.1, -0.05) is 30.5 Å². The lowest BCUT2D eigenvalue weighted by Gasteiger charge is -2.48. The van der Waals surface area contributed by atoms with Crippen LogP contribution in [-0.2, 0) is 0 Å². The third-order valence-electron chi connectivity index (χ3n) is 5.27. The summed E-state index contributed by atoms with van der Waals surface area (Å²) in [7, 11) is 0. The molecule has 0 spiro atoms. The summed E-state index contributed by atoms with van der Waals surface area (Å²) in [6.07, 6.45) is 5.34. The Labute approximate surface area is 132 Å². The van der Waals surface area contributed by atoms with Crippen molar-refractivity contribution in [1.82, 2.24) is 0 Å². The van der Waals surface area contributed by atoms with Crippen molar-refractivity contribution in [2.45, 2.75) is 50.7 Å². The fourth-order valence-electron chi connectivity index (χ4n) is 3.85. The number of fused-ring (bicyclic) bond motifs is 1. The summed E-state index contributed by atoms with van der Waals surface area (Å²) >= 11 is 6.46. The van der Waals surface area contributed by atoms with Crippen molar-refractivity contribution in [2.75, 3.05) is 18.0 Å². The number of rotatable bonds is 2. The normalized spacial score (nSPS) is 30.9. The predicted molar refractivity (Wildman–Crippen MR) is 87.8 cm³/mol. The van der Waals surface area contributed by atoms with Crippen LogP contribution < -0.4 is 10.6 Å². The largest absolute Gasteiger partial charge is 0.389 e. The Kier molecular flexibility index (Phi) is 4.17. The highest BCUT2D eigenvalue weighted by Gasteiger charge is 2.42. The maximum Gasteiger partial charge on any atom is 0.0709 e. The van der Waals surface area contributed by atoms with Crippen LogP contribution in [0.1, 0.15) is 50.6 Å². The molecule has 2 fully saturated rings. The molecular weight excluding hydrogens is 284 g/mol. The number of nitrogens with two attached hydrogens (primary N) is 1. The van der Waals surface area contributed by atoms with Gasteiger partial charge in [0, 0.05) is 25.0 Å². The van der Waals surface area contributed by atoms with E-state index < -0.39 is 5.60 Å². The maximum absolute atomic E-state index is 10.8. The number of nitrogens with zero attached hydrogens (tertiary/aromatic N) is 1. The van der Waals surface area contributed by atoms with Gasteiger partial charge in [-0.2, -0.15) is 0 Å². The quantitative estimate of drug-likeness (QED) is 0.879. The van der Waals surface area contributed by atoms with Crippen LogP contribution in [0.25, 0.3) is 0 Å². The zero-order valence-corrected chi connectivity index (χ0v) is 13.4. The minimum atomic E-state index is -0.438. The first kappa shape index (κ1) is 15.1. The summed E-state index contributed by atoms with van der Waals surface area (Å²) in [6, 6.07) is 6.12. The first-order chi connectivity index (χ1) is 9.99. The van der Waals surface area contributed by atoms with Crippen LogP contribution in [-0.4, -0.2) is 23.8 Å². The summed E-state index contributed by atoms with van der Waals surface area (Å²) in [5.41, 5.74) is 7.62. The smallest absolute Gasteiger partial charge is 0.0709 e. The van der Waals surface area contributed by atoms with Gasteiger partial charge in [0.2, 0.25) is 0 Å². The number of halogens is 1. The molecule has 4 heteroatoms. The van der Waals surface area contributed by atoms with Crippen molar-refractivity contribution >= 4 is 17.3 Å². The monoisotopic (exact) mass is 308 g/mol. The molecule has 2 aliphatic rings. The average Bonchev–Trinajstić information content (AvgIpc) is 2.46. The number of benzene rings is 1. The van der Waals surface area contributed by atoms with Crippen LogP contribution in [0.4, 0.5) is 5.69 Å². The molecule has 0 radical (unpaired) electrons. The minimum absolute atomic E-state index is 0.00124. The molecule has 3 rings (SSSR count). The second-order valence-corrected chi connectivity index (χ2v) is 7.15. The first-order valence-electron chi connectivity index (χ1n) is 8.02. The standard InChI is InChI=1S/C17H25ClN2O/c1-12(19)13-5-6-16(15(18)10-13)20-9-8-17(21)7-3-2-4-14(17)11-20/h5-6,10,12,14,21H,2-4,7-9,11,19H2,1H3/t12-,14?,17?/m0/s1. The van der Waals surface area contributed by atoms with E-state index in [0.717, 1.165) is 55.0 Å². The van der Waals surface area contributed by atoms with Crippen molar-refractivity contribution in [1.29, 1.82) is 0 Å². The molecule has 1 aromatic rings. The maximum atomic E-state index is 10.8. The molecule has 3 nitrogen and oxygen atoms in total. The van der Waals surface area contributed by atoms with Gasteiger partial charge in [0.1, 0.15) is 0 Å². The lowest BCUT2D eigenvalue weighted by atomic mass is 9.71. The fourth-order valence-corrected chi connectivity index (χ4v) is 4.16. The van der Waals surface area contributed by atoms with E-state index in [1.54, 1.807) is 0 Å². The van der Waals surface area contributed by atoms with E-state index in [2.05, 4.69) is 17.0 Å². The average molecular weight is 309 g/mol. The molecule has 1 aliphatic heterocycles. The van der Waals surface area contributed by atoms with Gasteiger partial charge < -0.3 is 15.7 Å². The van der Waals surface area contributed by atoms with Crippen LogP contribution in [0.5, 0.6) is 0 Å². The van der Waals surface area contributed by atoms with E-state index >= 15 is 0 Å². The van der Waals surface area contributed by atoms with Crippen molar-refractivity contribution in [3.8, 4) is 0 Å². The van der Waals surface area contributed by atoms with Gasteiger partial charge in [-0.25, -0.2) is 0 Å². The van der Waals surface area contributed by atoms with Gasteiger partial charge in [-0.05, 0) is 43.9 Å². The Balaban J connectivity index is 1.79. The van der Waals surface area contributed by atoms with Crippen LogP contribution >= 0.6 is 11.6 Å². The van der Waals surface area contributed by atoms with Crippen molar-refractivity contribution in [2.24, 2.45) is 11.7 Å². The molecule has 0 aromatic heterocycles. The Morgan fingerprint density at radius 1 is 1.38 bits per heavy atom. The fraction of sp³-hybridized carbons (Fsp3) is 0.647. The van der Waals surface area contributed by atoms with E-state index in [9.17, 15) is 5.11 Å². The highest BCUT2D eigenvalue weighted by Crippen LogP contribution is 2.42. The minimum Gasteiger partial charge on any atom is -0.389 e. The second kappa shape index (κ2) is 5.79. The highest BCUT2D eigenvalue weighted by atomic mass is 35.5. The molecule has 0 amide bonds. The SMILES string of the molecule is C[C@H](N)c1ccc(N2CCC3(O)CCCCC3C2)c(Cl)c1. The number of aliphatic hydroxyl groups is 1. The van der Waals surface area contributed by atoms with Crippen LogP contribution in [0.2, 0.25) is 5.02 Å². The summed E-state index contributed by atoms with van der Waals surface area (Å²) < 4.78 is 0. The summed E-state index contributed by atoms with van der Waals surface area (Å²) in [5, 5.41) is 11.5. The molecule has 3 atom stereocenters.